The first-order chi connectivity index (χ1) is 8.87. The van der Waals surface area contributed by atoms with Crippen LogP contribution in [0.3, 0.4) is 0 Å². The molecule has 1 unspecified atom stereocenters. The molecule has 0 aliphatic carbocycles. The number of nitrogens with two attached hydrogens (primary N) is 1. The van der Waals surface area contributed by atoms with Crippen LogP contribution in [0.1, 0.15) is 52.4 Å². The van der Waals surface area contributed by atoms with Gasteiger partial charge in [-0.25, -0.2) is 4.79 Å². The molecule has 1 aliphatic heterocycles. The van der Waals surface area contributed by atoms with Crippen molar-refractivity contribution in [3.05, 3.63) is 0 Å². The second kappa shape index (κ2) is 6.89. The van der Waals surface area contributed by atoms with Gasteiger partial charge in [0.05, 0.1) is 0 Å². The van der Waals surface area contributed by atoms with Gasteiger partial charge in [-0.15, -0.1) is 0 Å². The maximum atomic E-state index is 12.2. The lowest BCUT2D eigenvalue weighted by Crippen LogP contribution is -2.48. The third-order valence-electron chi connectivity index (χ3n) is 3.94. The van der Waals surface area contributed by atoms with Crippen LogP contribution in [-0.2, 0) is 9.59 Å². The highest BCUT2D eigenvalue weighted by Gasteiger charge is 2.32. The second-order valence-corrected chi connectivity index (χ2v) is 6.14. The Morgan fingerprint density at radius 1 is 1.32 bits per heavy atom. The number of amides is 1. The van der Waals surface area contributed by atoms with Crippen molar-refractivity contribution in [1.82, 2.24) is 4.90 Å². The summed E-state index contributed by atoms with van der Waals surface area (Å²) >= 11 is 0. The molecule has 0 aromatic rings. The van der Waals surface area contributed by atoms with Gasteiger partial charge in [-0.1, -0.05) is 13.8 Å². The molecule has 0 radical (unpaired) electrons. The molecule has 19 heavy (non-hydrogen) atoms. The van der Waals surface area contributed by atoms with Crippen molar-refractivity contribution in [1.29, 1.82) is 0 Å². The quantitative estimate of drug-likeness (QED) is 0.768. The maximum Gasteiger partial charge on any atom is 0.326 e. The highest BCUT2D eigenvalue weighted by Crippen LogP contribution is 2.27. The number of hydrogen-bond acceptors (Lipinski definition) is 3. The summed E-state index contributed by atoms with van der Waals surface area (Å²) in [5.41, 5.74) is 5.59. The third kappa shape index (κ3) is 4.82. The van der Waals surface area contributed by atoms with Gasteiger partial charge in [0.25, 0.3) is 0 Å². The zero-order valence-electron chi connectivity index (χ0n) is 12.0. The molecule has 1 aliphatic rings. The molecular formula is C14H26N2O3. The first-order valence-electron chi connectivity index (χ1n) is 7.10. The Balaban J connectivity index is 2.54. The van der Waals surface area contributed by atoms with Gasteiger partial charge in [0.15, 0.2) is 0 Å². The van der Waals surface area contributed by atoms with E-state index in [0.717, 1.165) is 25.7 Å². The van der Waals surface area contributed by atoms with Crippen molar-refractivity contribution in [3.63, 3.8) is 0 Å². The topological polar surface area (TPSA) is 83.6 Å². The highest BCUT2D eigenvalue weighted by molar-refractivity contribution is 5.83. The molecule has 0 saturated carbocycles. The molecule has 3 N–H and O–H groups in total. The number of hydrogen-bond donors (Lipinski definition) is 2. The van der Waals surface area contributed by atoms with E-state index in [0.29, 0.717) is 25.9 Å². The van der Waals surface area contributed by atoms with Crippen LogP contribution in [-0.4, -0.2) is 41.0 Å². The van der Waals surface area contributed by atoms with Gasteiger partial charge in [0.1, 0.15) is 6.04 Å². The lowest BCUT2D eigenvalue weighted by molar-refractivity contribution is -0.152. The largest absolute Gasteiger partial charge is 0.480 e. The molecule has 1 rings (SSSR count). The van der Waals surface area contributed by atoms with Crippen molar-refractivity contribution in [3.8, 4) is 0 Å². The molecule has 1 atom stereocenters. The van der Waals surface area contributed by atoms with E-state index in [2.05, 4.69) is 13.8 Å². The van der Waals surface area contributed by atoms with Gasteiger partial charge >= 0.3 is 5.97 Å². The average Bonchev–Trinajstić information content (AvgIpc) is 2.36. The minimum Gasteiger partial charge on any atom is -0.480 e. The Hall–Kier alpha value is -1.10. The monoisotopic (exact) mass is 270 g/mol. The van der Waals surface area contributed by atoms with Crippen molar-refractivity contribution < 1.29 is 14.7 Å². The fourth-order valence-electron chi connectivity index (χ4n) is 2.59. The summed E-state index contributed by atoms with van der Waals surface area (Å²) in [4.78, 5) is 24.9. The van der Waals surface area contributed by atoms with E-state index in [-0.39, 0.29) is 11.3 Å². The number of carboxylic acids is 1. The summed E-state index contributed by atoms with van der Waals surface area (Å²) in [5, 5.41) is 9.16. The first-order valence-corrected chi connectivity index (χ1v) is 7.10. The van der Waals surface area contributed by atoms with E-state index in [9.17, 15) is 9.59 Å². The SMILES string of the molecule is CC(C)(CCN)CCC(=O)N1CCCCC1C(=O)O. The zero-order valence-corrected chi connectivity index (χ0v) is 12.0. The predicted octanol–water partition coefficient (Wildman–Crippen LogP) is 1.61. The average molecular weight is 270 g/mol. The predicted molar refractivity (Wildman–Crippen MR) is 73.7 cm³/mol. The molecule has 5 heteroatoms. The molecular weight excluding hydrogens is 244 g/mol. The van der Waals surface area contributed by atoms with E-state index in [1.54, 1.807) is 4.90 Å². The summed E-state index contributed by atoms with van der Waals surface area (Å²) in [6, 6.07) is -0.626. The Morgan fingerprint density at radius 3 is 2.58 bits per heavy atom. The van der Waals surface area contributed by atoms with Gasteiger partial charge < -0.3 is 15.7 Å². The summed E-state index contributed by atoms with van der Waals surface area (Å²) in [5.74, 6) is -0.911. The Labute approximate surface area is 115 Å². The number of carboxylic acid groups (broad SMARTS) is 1. The minimum absolute atomic E-state index is 0.0304. The van der Waals surface area contributed by atoms with E-state index >= 15 is 0 Å². The van der Waals surface area contributed by atoms with Gasteiger partial charge in [-0.3, -0.25) is 4.79 Å². The smallest absolute Gasteiger partial charge is 0.326 e. The molecule has 1 amide bonds. The molecule has 0 aromatic carbocycles. The fourth-order valence-corrected chi connectivity index (χ4v) is 2.59. The van der Waals surface area contributed by atoms with Crippen LogP contribution in [0.4, 0.5) is 0 Å². The van der Waals surface area contributed by atoms with Gasteiger partial charge in [0.2, 0.25) is 5.91 Å². The summed E-state index contributed by atoms with van der Waals surface area (Å²) in [7, 11) is 0. The molecule has 1 heterocycles. The molecule has 1 fully saturated rings. The number of piperidine rings is 1. The number of carbonyl (C=O) groups is 2. The van der Waals surface area contributed by atoms with Crippen LogP contribution < -0.4 is 5.73 Å². The van der Waals surface area contributed by atoms with Crippen LogP contribution in [0.25, 0.3) is 0 Å². The highest BCUT2D eigenvalue weighted by atomic mass is 16.4. The van der Waals surface area contributed by atoms with Crippen LogP contribution in [0.15, 0.2) is 0 Å². The molecule has 110 valence electrons. The molecule has 0 bridgehead atoms. The van der Waals surface area contributed by atoms with E-state index in [1.807, 2.05) is 0 Å². The number of rotatable bonds is 6. The van der Waals surface area contributed by atoms with Crippen LogP contribution in [0, 0.1) is 5.41 Å². The van der Waals surface area contributed by atoms with E-state index < -0.39 is 12.0 Å². The summed E-state index contributed by atoms with van der Waals surface area (Å²) < 4.78 is 0. The second-order valence-electron chi connectivity index (χ2n) is 6.14. The zero-order chi connectivity index (χ0) is 14.5. The van der Waals surface area contributed by atoms with Gasteiger partial charge in [-0.05, 0) is 44.1 Å². The van der Waals surface area contributed by atoms with Crippen LogP contribution >= 0.6 is 0 Å². The van der Waals surface area contributed by atoms with Crippen molar-refractivity contribution in [2.45, 2.75) is 58.4 Å². The van der Waals surface area contributed by atoms with Crippen LogP contribution in [0.2, 0.25) is 0 Å². The molecule has 0 spiro atoms. The summed E-state index contributed by atoms with van der Waals surface area (Å²) in [6.45, 7) is 5.38. The normalized spacial score (nSPS) is 20.4. The fraction of sp³-hybridized carbons (Fsp3) is 0.857. The molecule has 0 aromatic heterocycles. The maximum absolute atomic E-state index is 12.2. The Bertz CT molecular complexity index is 329. The van der Waals surface area contributed by atoms with E-state index in [4.69, 9.17) is 10.8 Å². The lowest BCUT2D eigenvalue weighted by Gasteiger charge is -2.34. The van der Waals surface area contributed by atoms with Crippen LogP contribution in [0.5, 0.6) is 0 Å². The molecule has 1 saturated heterocycles. The standard InChI is InChI=1S/C14H26N2O3/c1-14(2,8-9-15)7-6-12(17)16-10-4-3-5-11(16)13(18)19/h11H,3-10,15H2,1-2H3,(H,18,19). The summed E-state index contributed by atoms with van der Waals surface area (Å²) in [6.07, 6.45) is 4.42. The Kier molecular flexibility index (Phi) is 5.79. The number of carbonyl (C=O) groups excluding carboxylic acids is 1. The van der Waals surface area contributed by atoms with Crippen molar-refractivity contribution >= 4 is 11.9 Å². The minimum atomic E-state index is -0.880. The van der Waals surface area contributed by atoms with Gasteiger partial charge in [-0.2, -0.15) is 0 Å². The number of aliphatic carboxylic acids is 1. The number of likely N-dealkylation sites (tertiary alicyclic amines) is 1. The molecule has 5 nitrogen and oxygen atoms in total. The lowest BCUT2D eigenvalue weighted by atomic mass is 9.84. The van der Waals surface area contributed by atoms with Crippen molar-refractivity contribution in [2.75, 3.05) is 13.1 Å². The van der Waals surface area contributed by atoms with Gasteiger partial charge in [0, 0.05) is 13.0 Å². The first kappa shape index (κ1) is 16.0. The van der Waals surface area contributed by atoms with Crippen molar-refractivity contribution in [2.24, 2.45) is 11.1 Å². The van der Waals surface area contributed by atoms with E-state index in [1.165, 1.54) is 0 Å². The Morgan fingerprint density at radius 2 is 2.00 bits per heavy atom. The number of nitrogens with zero attached hydrogens (tertiary/aromatic N) is 1. The third-order valence-corrected chi connectivity index (χ3v) is 3.94.